The van der Waals surface area contributed by atoms with Crippen molar-refractivity contribution in [2.45, 2.75) is 24.8 Å². The van der Waals surface area contributed by atoms with Gasteiger partial charge in [-0.3, -0.25) is 9.78 Å². The van der Waals surface area contributed by atoms with E-state index in [9.17, 15) is 4.79 Å². The first kappa shape index (κ1) is 11.9. The number of carbonyl (C=O) groups excluding carboxylic acids is 1. The SMILES string of the molecule is O=C(NC1CC1)C(c1ccccc1)c1ccccn1. The molecule has 1 heterocycles. The van der Waals surface area contributed by atoms with Crippen LogP contribution >= 0.6 is 0 Å². The minimum Gasteiger partial charge on any atom is -0.352 e. The Hall–Kier alpha value is -2.16. The number of amides is 1. The molecule has 3 rings (SSSR count). The summed E-state index contributed by atoms with van der Waals surface area (Å²) in [6.07, 6.45) is 3.92. The zero-order valence-electron chi connectivity index (χ0n) is 10.6. The van der Waals surface area contributed by atoms with E-state index in [2.05, 4.69) is 10.3 Å². The maximum absolute atomic E-state index is 12.4. The van der Waals surface area contributed by atoms with Crippen LogP contribution in [0.2, 0.25) is 0 Å². The lowest BCUT2D eigenvalue weighted by Gasteiger charge is -2.16. The molecule has 0 radical (unpaired) electrons. The fraction of sp³-hybridized carbons (Fsp3) is 0.250. The molecule has 1 N–H and O–H groups in total. The topological polar surface area (TPSA) is 42.0 Å². The summed E-state index contributed by atoms with van der Waals surface area (Å²) in [6, 6.07) is 15.9. The molecule has 96 valence electrons. The fourth-order valence-electron chi connectivity index (χ4n) is 2.16. The van der Waals surface area contributed by atoms with Crippen LogP contribution < -0.4 is 5.32 Å². The van der Waals surface area contributed by atoms with Crippen molar-refractivity contribution in [2.24, 2.45) is 0 Å². The highest BCUT2D eigenvalue weighted by atomic mass is 16.2. The van der Waals surface area contributed by atoms with Crippen molar-refractivity contribution in [1.29, 1.82) is 0 Å². The van der Waals surface area contributed by atoms with Gasteiger partial charge in [0.2, 0.25) is 5.91 Å². The minimum atomic E-state index is -0.317. The smallest absolute Gasteiger partial charge is 0.233 e. The zero-order valence-corrected chi connectivity index (χ0v) is 10.6. The number of rotatable bonds is 4. The van der Waals surface area contributed by atoms with Crippen LogP contribution in [0.25, 0.3) is 0 Å². The number of hydrogen-bond acceptors (Lipinski definition) is 2. The Labute approximate surface area is 112 Å². The van der Waals surface area contributed by atoms with E-state index < -0.39 is 0 Å². The Morgan fingerprint density at radius 1 is 1.11 bits per heavy atom. The van der Waals surface area contributed by atoms with Gasteiger partial charge in [0.25, 0.3) is 0 Å². The van der Waals surface area contributed by atoms with E-state index in [1.807, 2.05) is 48.5 Å². The van der Waals surface area contributed by atoms with Gasteiger partial charge >= 0.3 is 0 Å². The summed E-state index contributed by atoms with van der Waals surface area (Å²) < 4.78 is 0. The number of aromatic nitrogens is 1. The number of carbonyl (C=O) groups is 1. The Morgan fingerprint density at radius 3 is 2.47 bits per heavy atom. The lowest BCUT2D eigenvalue weighted by Crippen LogP contribution is -2.32. The van der Waals surface area contributed by atoms with Crippen molar-refractivity contribution in [3.63, 3.8) is 0 Å². The van der Waals surface area contributed by atoms with Crippen LogP contribution in [0.4, 0.5) is 0 Å². The average molecular weight is 252 g/mol. The molecule has 0 spiro atoms. The van der Waals surface area contributed by atoms with E-state index in [1.54, 1.807) is 6.20 Å². The van der Waals surface area contributed by atoms with Crippen molar-refractivity contribution in [2.75, 3.05) is 0 Å². The molecular weight excluding hydrogens is 236 g/mol. The van der Waals surface area contributed by atoms with Crippen LogP contribution in [0.15, 0.2) is 54.7 Å². The van der Waals surface area contributed by atoms with Crippen molar-refractivity contribution < 1.29 is 4.79 Å². The predicted molar refractivity (Wildman–Crippen MR) is 73.7 cm³/mol. The summed E-state index contributed by atoms with van der Waals surface area (Å²) in [5, 5.41) is 3.07. The van der Waals surface area contributed by atoms with Crippen LogP contribution in [0.1, 0.15) is 30.0 Å². The molecule has 1 aromatic heterocycles. The Morgan fingerprint density at radius 2 is 1.84 bits per heavy atom. The van der Waals surface area contributed by atoms with E-state index >= 15 is 0 Å². The number of hydrogen-bond donors (Lipinski definition) is 1. The van der Waals surface area contributed by atoms with Crippen LogP contribution in [0.5, 0.6) is 0 Å². The summed E-state index contributed by atoms with van der Waals surface area (Å²) in [7, 11) is 0. The van der Waals surface area contributed by atoms with Gasteiger partial charge in [0.15, 0.2) is 0 Å². The van der Waals surface area contributed by atoms with E-state index in [0.717, 1.165) is 24.1 Å². The standard InChI is InChI=1S/C16H16N2O/c19-16(18-13-9-10-13)15(12-6-2-1-3-7-12)14-8-4-5-11-17-14/h1-8,11,13,15H,9-10H2,(H,18,19). The molecule has 1 aliphatic carbocycles. The Kier molecular flexibility index (Phi) is 3.27. The minimum absolute atomic E-state index is 0.0485. The summed E-state index contributed by atoms with van der Waals surface area (Å²) in [5.74, 6) is -0.268. The average Bonchev–Trinajstić information content (AvgIpc) is 3.25. The number of benzene rings is 1. The van der Waals surface area contributed by atoms with Crippen LogP contribution in [0, 0.1) is 0 Å². The van der Waals surface area contributed by atoms with Gasteiger partial charge in [0.05, 0.1) is 5.69 Å². The van der Waals surface area contributed by atoms with Gasteiger partial charge < -0.3 is 5.32 Å². The second-order valence-corrected chi connectivity index (χ2v) is 4.88. The molecule has 2 aromatic rings. The van der Waals surface area contributed by atoms with Crippen LogP contribution in [-0.4, -0.2) is 16.9 Å². The Bertz CT molecular complexity index is 510. The summed E-state index contributed by atoms with van der Waals surface area (Å²) in [6.45, 7) is 0. The third kappa shape index (κ3) is 2.81. The predicted octanol–water partition coefficient (Wildman–Crippen LogP) is 2.49. The van der Waals surface area contributed by atoms with E-state index in [4.69, 9.17) is 0 Å². The highest BCUT2D eigenvalue weighted by Gasteiger charge is 2.29. The van der Waals surface area contributed by atoms with E-state index in [1.165, 1.54) is 0 Å². The van der Waals surface area contributed by atoms with Crippen molar-refractivity contribution in [3.05, 3.63) is 66.0 Å². The van der Waals surface area contributed by atoms with Gasteiger partial charge in [0.1, 0.15) is 5.92 Å². The molecule has 1 amide bonds. The molecular formula is C16H16N2O. The zero-order chi connectivity index (χ0) is 13.1. The van der Waals surface area contributed by atoms with Crippen LogP contribution in [0.3, 0.4) is 0 Å². The van der Waals surface area contributed by atoms with Crippen molar-refractivity contribution in [1.82, 2.24) is 10.3 Å². The maximum Gasteiger partial charge on any atom is 0.233 e. The Balaban J connectivity index is 1.93. The number of nitrogens with zero attached hydrogens (tertiary/aromatic N) is 1. The normalized spacial score (nSPS) is 15.8. The molecule has 1 aromatic carbocycles. The van der Waals surface area contributed by atoms with Gasteiger partial charge in [0, 0.05) is 12.2 Å². The monoisotopic (exact) mass is 252 g/mol. The second-order valence-electron chi connectivity index (χ2n) is 4.88. The van der Waals surface area contributed by atoms with Gasteiger partial charge in [-0.15, -0.1) is 0 Å². The number of pyridine rings is 1. The van der Waals surface area contributed by atoms with E-state index in [0.29, 0.717) is 6.04 Å². The molecule has 0 aliphatic heterocycles. The molecule has 0 bridgehead atoms. The summed E-state index contributed by atoms with van der Waals surface area (Å²) >= 11 is 0. The number of nitrogens with one attached hydrogen (secondary N) is 1. The molecule has 1 atom stereocenters. The first-order chi connectivity index (χ1) is 9.34. The largest absolute Gasteiger partial charge is 0.352 e. The third-order valence-corrected chi connectivity index (χ3v) is 3.30. The van der Waals surface area contributed by atoms with Gasteiger partial charge in [-0.05, 0) is 30.5 Å². The first-order valence-electron chi connectivity index (χ1n) is 6.61. The lowest BCUT2D eigenvalue weighted by molar-refractivity contribution is -0.121. The third-order valence-electron chi connectivity index (χ3n) is 3.30. The molecule has 1 aliphatic rings. The second kappa shape index (κ2) is 5.22. The molecule has 3 nitrogen and oxygen atoms in total. The first-order valence-corrected chi connectivity index (χ1v) is 6.61. The van der Waals surface area contributed by atoms with Crippen molar-refractivity contribution >= 4 is 5.91 Å². The quantitative estimate of drug-likeness (QED) is 0.908. The molecule has 1 unspecified atom stereocenters. The summed E-state index contributed by atoms with van der Waals surface area (Å²) in [4.78, 5) is 16.8. The highest BCUT2D eigenvalue weighted by Crippen LogP contribution is 2.26. The molecule has 1 saturated carbocycles. The molecule has 19 heavy (non-hydrogen) atoms. The van der Waals surface area contributed by atoms with E-state index in [-0.39, 0.29) is 11.8 Å². The highest BCUT2D eigenvalue weighted by molar-refractivity contribution is 5.87. The molecule has 0 saturated heterocycles. The fourth-order valence-corrected chi connectivity index (χ4v) is 2.16. The molecule has 3 heteroatoms. The van der Waals surface area contributed by atoms with Crippen molar-refractivity contribution in [3.8, 4) is 0 Å². The van der Waals surface area contributed by atoms with Gasteiger partial charge in [-0.1, -0.05) is 36.4 Å². The molecule has 1 fully saturated rings. The van der Waals surface area contributed by atoms with Gasteiger partial charge in [-0.2, -0.15) is 0 Å². The van der Waals surface area contributed by atoms with Gasteiger partial charge in [-0.25, -0.2) is 0 Å². The lowest BCUT2D eigenvalue weighted by atomic mass is 9.94. The maximum atomic E-state index is 12.4. The van der Waals surface area contributed by atoms with Crippen LogP contribution in [-0.2, 0) is 4.79 Å². The summed E-state index contributed by atoms with van der Waals surface area (Å²) in [5.41, 5.74) is 1.78.